The minimum atomic E-state index is -0.457. The SMILES string of the molecule is C=C(CCOCC1CO1)C(N)=O. The molecule has 1 rings (SSSR count). The molecular weight excluding hydrogens is 158 g/mol. The molecule has 0 aliphatic carbocycles. The summed E-state index contributed by atoms with van der Waals surface area (Å²) in [6, 6.07) is 0. The molecule has 1 heterocycles. The van der Waals surface area contributed by atoms with Crippen LogP contribution in [0.4, 0.5) is 0 Å². The second-order valence-electron chi connectivity index (χ2n) is 2.75. The smallest absolute Gasteiger partial charge is 0.244 e. The Morgan fingerprint density at radius 3 is 2.92 bits per heavy atom. The van der Waals surface area contributed by atoms with Crippen LogP contribution in [0.2, 0.25) is 0 Å². The summed E-state index contributed by atoms with van der Waals surface area (Å²) < 4.78 is 10.1. The van der Waals surface area contributed by atoms with E-state index in [0.29, 0.717) is 25.2 Å². The number of carbonyl (C=O) groups is 1. The van der Waals surface area contributed by atoms with Gasteiger partial charge in [-0.1, -0.05) is 6.58 Å². The van der Waals surface area contributed by atoms with Gasteiger partial charge in [0.1, 0.15) is 6.10 Å². The van der Waals surface area contributed by atoms with Crippen molar-refractivity contribution in [1.29, 1.82) is 0 Å². The van der Waals surface area contributed by atoms with Gasteiger partial charge in [-0.05, 0) is 0 Å². The third-order valence-corrected chi connectivity index (χ3v) is 1.60. The van der Waals surface area contributed by atoms with Crippen LogP contribution in [-0.2, 0) is 14.3 Å². The van der Waals surface area contributed by atoms with Crippen LogP contribution in [0.5, 0.6) is 0 Å². The molecule has 1 aliphatic rings. The average molecular weight is 171 g/mol. The van der Waals surface area contributed by atoms with Crippen LogP contribution in [0.25, 0.3) is 0 Å². The molecule has 0 aromatic rings. The summed E-state index contributed by atoms with van der Waals surface area (Å²) in [5.74, 6) is -0.457. The van der Waals surface area contributed by atoms with Gasteiger partial charge in [-0.3, -0.25) is 4.79 Å². The fourth-order valence-corrected chi connectivity index (χ4v) is 0.698. The number of ether oxygens (including phenoxy) is 2. The van der Waals surface area contributed by atoms with Gasteiger partial charge in [-0.15, -0.1) is 0 Å². The highest BCUT2D eigenvalue weighted by Gasteiger charge is 2.22. The summed E-state index contributed by atoms with van der Waals surface area (Å²) in [4.78, 5) is 10.5. The lowest BCUT2D eigenvalue weighted by Gasteiger charge is -2.01. The van der Waals surface area contributed by atoms with Crippen molar-refractivity contribution in [3.05, 3.63) is 12.2 Å². The summed E-state index contributed by atoms with van der Waals surface area (Å²) in [7, 11) is 0. The molecule has 12 heavy (non-hydrogen) atoms. The number of carbonyl (C=O) groups excluding carboxylic acids is 1. The van der Waals surface area contributed by atoms with Gasteiger partial charge < -0.3 is 15.2 Å². The lowest BCUT2D eigenvalue weighted by Crippen LogP contribution is -2.15. The van der Waals surface area contributed by atoms with Crippen LogP contribution in [0.3, 0.4) is 0 Å². The van der Waals surface area contributed by atoms with E-state index in [1.807, 2.05) is 0 Å². The second kappa shape index (κ2) is 4.23. The van der Waals surface area contributed by atoms with Crippen LogP contribution in [-0.4, -0.2) is 31.8 Å². The van der Waals surface area contributed by atoms with Crippen molar-refractivity contribution < 1.29 is 14.3 Å². The van der Waals surface area contributed by atoms with Crippen LogP contribution in [0, 0.1) is 0 Å². The molecule has 0 spiro atoms. The summed E-state index contributed by atoms with van der Waals surface area (Å²) in [6.07, 6.45) is 0.772. The molecule has 1 fully saturated rings. The maximum atomic E-state index is 10.5. The largest absolute Gasteiger partial charge is 0.378 e. The molecule has 1 atom stereocenters. The lowest BCUT2D eigenvalue weighted by atomic mass is 10.2. The Balaban J connectivity index is 1.93. The van der Waals surface area contributed by atoms with Crippen molar-refractivity contribution in [1.82, 2.24) is 0 Å². The van der Waals surface area contributed by atoms with E-state index in [0.717, 1.165) is 6.61 Å². The monoisotopic (exact) mass is 171 g/mol. The number of amides is 1. The maximum absolute atomic E-state index is 10.5. The number of hydrogen-bond acceptors (Lipinski definition) is 3. The van der Waals surface area contributed by atoms with Gasteiger partial charge in [-0.25, -0.2) is 0 Å². The third-order valence-electron chi connectivity index (χ3n) is 1.60. The number of rotatable bonds is 6. The van der Waals surface area contributed by atoms with E-state index in [-0.39, 0.29) is 6.10 Å². The fraction of sp³-hybridized carbons (Fsp3) is 0.625. The molecule has 2 N–H and O–H groups in total. The van der Waals surface area contributed by atoms with Crippen molar-refractivity contribution in [2.24, 2.45) is 5.73 Å². The molecule has 4 nitrogen and oxygen atoms in total. The Labute approximate surface area is 71.3 Å². The standard InChI is InChI=1S/C8H13NO3/c1-6(8(9)10)2-3-11-4-7-5-12-7/h7H,1-5H2,(H2,9,10). The first kappa shape index (κ1) is 9.22. The van der Waals surface area contributed by atoms with Gasteiger partial charge >= 0.3 is 0 Å². The first-order valence-electron chi connectivity index (χ1n) is 3.87. The molecular formula is C8H13NO3. The Hall–Kier alpha value is -0.870. The Morgan fingerprint density at radius 1 is 1.75 bits per heavy atom. The predicted octanol–water partition coefficient (Wildman–Crippen LogP) is -0.167. The van der Waals surface area contributed by atoms with Gasteiger partial charge in [0.2, 0.25) is 5.91 Å². The highest BCUT2D eigenvalue weighted by atomic mass is 16.6. The Bertz CT molecular complexity index is 187. The molecule has 1 aliphatic heterocycles. The summed E-state index contributed by atoms with van der Waals surface area (Å²) in [5, 5.41) is 0. The number of nitrogens with two attached hydrogens (primary N) is 1. The molecule has 1 unspecified atom stereocenters. The van der Waals surface area contributed by atoms with Gasteiger partial charge in [0.25, 0.3) is 0 Å². The van der Waals surface area contributed by atoms with Gasteiger partial charge in [-0.2, -0.15) is 0 Å². The van der Waals surface area contributed by atoms with Crippen molar-refractivity contribution in [2.75, 3.05) is 19.8 Å². The zero-order chi connectivity index (χ0) is 8.97. The number of epoxide rings is 1. The number of hydrogen-bond donors (Lipinski definition) is 1. The van der Waals surface area contributed by atoms with E-state index in [1.165, 1.54) is 0 Å². The molecule has 0 aromatic carbocycles. The Morgan fingerprint density at radius 2 is 2.42 bits per heavy atom. The normalized spacial score (nSPS) is 20.5. The zero-order valence-corrected chi connectivity index (χ0v) is 6.91. The van der Waals surface area contributed by atoms with E-state index < -0.39 is 5.91 Å². The van der Waals surface area contributed by atoms with Crippen LogP contribution in [0.15, 0.2) is 12.2 Å². The quantitative estimate of drug-likeness (QED) is 0.343. The van der Waals surface area contributed by atoms with Crippen LogP contribution in [0.1, 0.15) is 6.42 Å². The minimum Gasteiger partial charge on any atom is -0.378 e. The molecule has 68 valence electrons. The van der Waals surface area contributed by atoms with Gasteiger partial charge in [0.15, 0.2) is 0 Å². The molecule has 1 saturated heterocycles. The zero-order valence-electron chi connectivity index (χ0n) is 6.91. The van der Waals surface area contributed by atoms with Gasteiger partial charge in [0, 0.05) is 12.0 Å². The maximum Gasteiger partial charge on any atom is 0.244 e. The molecule has 0 aromatic heterocycles. The minimum absolute atomic E-state index is 0.270. The lowest BCUT2D eigenvalue weighted by molar-refractivity contribution is -0.114. The second-order valence-corrected chi connectivity index (χ2v) is 2.75. The molecule has 0 saturated carbocycles. The molecule has 4 heteroatoms. The molecule has 1 amide bonds. The average Bonchev–Trinajstić information content (AvgIpc) is 2.80. The van der Waals surface area contributed by atoms with Crippen molar-refractivity contribution in [3.63, 3.8) is 0 Å². The van der Waals surface area contributed by atoms with Gasteiger partial charge in [0.05, 0.1) is 19.8 Å². The first-order valence-corrected chi connectivity index (χ1v) is 3.87. The van der Waals surface area contributed by atoms with Crippen LogP contribution < -0.4 is 5.73 Å². The van der Waals surface area contributed by atoms with Crippen molar-refractivity contribution in [2.45, 2.75) is 12.5 Å². The summed E-state index contributed by atoms with van der Waals surface area (Å²) in [6.45, 7) is 5.38. The van der Waals surface area contributed by atoms with E-state index in [4.69, 9.17) is 15.2 Å². The first-order chi connectivity index (χ1) is 5.70. The van der Waals surface area contributed by atoms with Crippen molar-refractivity contribution in [3.8, 4) is 0 Å². The third kappa shape index (κ3) is 3.50. The highest BCUT2D eigenvalue weighted by Crippen LogP contribution is 2.08. The molecule has 0 radical (unpaired) electrons. The van der Waals surface area contributed by atoms with E-state index in [9.17, 15) is 4.79 Å². The Kier molecular flexibility index (Phi) is 3.25. The van der Waals surface area contributed by atoms with E-state index in [2.05, 4.69) is 6.58 Å². The molecule has 0 bridgehead atoms. The predicted molar refractivity (Wildman–Crippen MR) is 43.5 cm³/mol. The summed E-state index contributed by atoms with van der Waals surface area (Å²) in [5.41, 5.74) is 5.38. The fourth-order valence-electron chi connectivity index (χ4n) is 0.698. The topological polar surface area (TPSA) is 64.8 Å². The summed E-state index contributed by atoms with van der Waals surface area (Å²) >= 11 is 0. The van der Waals surface area contributed by atoms with Crippen molar-refractivity contribution >= 4 is 5.91 Å². The van der Waals surface area contributed by atoms with E-state index >= 15 is 0 Å². The van der Waals surface area contributed by atoms with E-state index in [1.54, 1.807) is 0 Å². The van der Waals surface area contributed by atoms with Crippen LogP contribution >= 0.6 is 0 Å². The highest BCUT2D eigenvalue weighted by molar-refractivity contribution is 5.91. The number of primary amides is 1.